The number of carbonyl (C=O) groups is 1. The van der Waals surface area contributed by atoms with Crippen LogP contribution in [0.25, 0.3) is 5.65 Å². The van der Waals surface area contributed by atoms with E-state index in [1.54, 1.807) is 23.1 Å². The second-order valence-electron chi connectivity index (χ2n) is 3.55. The van der Waals surface area contributed by atoms with Gasteiger partial charge in [0, 0.05) is 24.9 Å². The van der Waals surface area contributed by atoms with Gasteiger partial charge >= 0.3 is 0 Å². The third-order valence-corrected chi connectivity index (χ3v) is 2.11. The molecule has 7 heteroatoms. The Labute approximate surface area is 91.7 Å². The van der Waals surface area contributed by atoms with Gasteiger partial charge in [-0.25, -0.2) is 4.98 Å². The molecule has 0 aromatic carbocycles. The first-order valence-electron chi connectivity index (χ1n) is 4.86. The number of hydrogen-bond acceptors (Lipinski definition) is 5. The predicted octanol–water partition coefficient (Wildman–Crippen LogP) is -0.200. The minimum absolute atomic E-state index is 0.0899. The lowest BCUT2D eigenvalue weighted by atomic mass is 10.2. The van der Waals surface area contributed by atoms with Crippen LogP contribution in [0.3, 0.4) is 0 Å². The van der Waals surface area contributed by atoms with Gasteiger partial charge in [0.25, 0.3) is 0 Å². The fraction of sp³-hybridized carbons (Fsp3) is 0.333. The number of primary amides is 1. The maximum absolute atomic E-state index is 10.7. The van der Waals surface area contributed by atoms with Crippen molar-refractivity contribution in [2.45, 2.75) is 19.4 Å². The third-order valence-electron chi connectivity index (χ3n) is 2.11. The molecule has 0 radical (unpaired) electrons. The molecule has 2 aromatic rings. The number of nitrogens with zero attached hydrogens (tertiary/aromatic N) is 4. The van der Waals surface area contributed by atoms with Gasteiger partial charge in [-0.3, -0.25) is 9.20 Å². The number of aromatic nitrogens is 4. The molecule has 1 unspecified atom stereocenters. The average molecular weight is 220 g/mol. The number of carbonyl (C=O) groups excluding carboxylic acids is 1. The van der Waals surface area contributed by atoms with Crippen molar-refractivity contribution in [2.24, 2.45) is 5.73 Å². The summed E-state index contributed by atoms with van der Waals surface area (Å²) in [6.45, 7) is 1.85. The zero-order valence-electron chi connectivity index (χ0n) is 8.79. The van der Waals surface area contributed by atoms with E-state index >= 15 is 0 Å². The third kappa shape index (κ3) is 2.08. The summed E-state index contributed by atoms with van der Waals surface area (Å²) in [5.74, 6) is 0.238. The second kappa shape index (κ2) is 4.13. The van der Waals surface area contributed by atoms with E-state index in [2.05, 4.69) is 20.5 Å². The van der Waals surface area contributed by atoms with Gasteiger partial charge in [-0.05, 0) is 6.92 Å². The van der Waals surface area contributed by atoms with E-state index in [1.807, 2.05) is 6.92 Å². The van der Waals surface area contributed by atoms with Gasteiger partial charge in [-0.1, -0.05) is 0 Å². The highest BCUT2D eigenvalue weighted by Gasteiger charge is 2.10. The summed E-state index contributed by atoms with van der Waals surface area (Å²) in [4.78, 5) is 14.9. The summed E-state index contributed by atoms with van der Waals surface area (Å²) >= 11 is 0. The quantitative estimate of drug-likeness (QED) is 0.743. The van der Waals surface area contributed by atoms with Gasteiger partial charge < -0.3 is 11.1 Å². The highest BCUT2D eigenvalue weighted by atomic mass is 16.1. The van der Waals surface area contributed by atoms with E-state index < -0.39 is 0 Å². The molecule has 16 heavy (non-hydrogen) atoms. The summed E-state index contributed by atoms with van der Waals surface area (Å²) in [7, 11) is 0. The maximum atomic E-state index is 10.7. The molecular weight excluding hydrogens is 208 g/mol. The molecule has 0 spiro atoms. The molecule has 0 aliphatic carbocycles. The molecule has 2 heterocycles. The Kier molecular flexibility index (Phi) is 2.67. The first kappa shape index (κ1) is 10.3. The van der Waals surface area contributed by atoms with Gasteiger partial charge in [-0.2, -0.15) is 0 Å². The molecule has 84 valence electrons. The van der Waals surface area contributed by atoms with E-state index in [9.17, 15) is 4.79 Å². The molecule has 3 N–H and O–H groups in total. The number of nitrogens with one attached hydrogen (secondary N) is 1. The van der Waals surface area contributed by atoms with Crippen molar-refractivity contribution in [3.63, 3.8) is 0 Å². The monoisotopic (exact) mass is 220 g/mol. The number of amides is 1. The van der Waals surface area contributed by atoms with Gasteiger partial charge in [0.05, 0.1) is 0 Å². The van der Waals surface area contributed by atoms with Crippen LogP contribution >= 0.6 is 0 Å². The Balaban J connectivity index is 2.20. The molecule has 7 nitrogen and oxygen atoms in total. The highest BCUT2D eigenvalue weighted by Crippen LogP contribution is 2.11. The van der Waals surface area contributed by atoms with Crippen LogP contribution in [0.2, 0.25) is 0 Å². The Hall–Kier alpha value is -2.18. The van der Waals surface area contributed by atoms with Crippen LogP contribution in [-0.2, 0) is 4.79 Å². The minimum atomic E-state index is -0.353. The van der Waals surface area contributed by atoms with Gasteiger partial charge in [0.15, 0.2) is 5.82 Å². The predicted molar refractivity (Wildman–Crippen MR) is 57.7 cm³/mol. The van der Waals surface area contributed by atoms with Crippen LogP contribution in [0.1, 0.15) is 13.3 Å². The topological polar surface area (TPSA) is 98.2 Å². The maximum Gasteiger partial charge on any atom is 0.219 e. The first-order valence-corrected chi connectivity index (χ1v) is 4.86. The van der Waals surface area contributed by atoms with E-state index in [0.29, 0.717) is 11.5 Å². The zero-order valence-corrected chi connectivity index (χ0v) is 8.79. The molecule has 0 aliphatic rings. The number of anilines is 1. The molecule has 0 aliphatic heterocycles. The van der Waals surface area contributed by atoms with E-state index in [-0.39, 0.29) is 18.4 Å². The standard InChI is InChI=1S/C9H12N6O/c1-6(4-7(10)16)13-8-9-14-12-5-15(9)3-2-11-8/h2-3,5-6H,4H2,1H3,(H2,10,16)(H,11,13). The molecular formula is C9H12N6O. The normalized spacial score (nSPS) is 12.6. The van der Waals surface area contributed by atoms with E-state index in [4.69, 9.17) is 5.73 Å². The SMILES string of the molecule is CC(CC(N)=O)Nc1nccn2cnnc12. The first-order chi connectivity index (χ1) is 7.66. The van der Waals surface area contributed by atoms with Crippen molar-refractivity contribution in [3.8, 4) is 0 Å². The Morgan fingerprint density at radius 2 is 2.50 bits per heavy atom. The zero-order chi connectivity index (χ0) is 11.5. The highest BCUT2D eigenvalue weighted by molar-refractivity contribution is 5.75. The molecule has 0 saturated carbocycles. The van der Waals surface area contributed by atoms with Crippen molar-refractivity contribution >= 4 is 17.4 Å². The number of hydrogen-bond donors (Lipinski definition) is 2. The van der Waals surface area contributed by atoms with Crippen LogP contribution in [0, 0.1) is 0 Å². The lowest BCUT2D eigenvalue weighted by molar-refractivity contribution is -0.118. The molecule has 2 aromatic heterocycles. The fourth-order valence-electron chi connectivity index (χ4n) is 1.45. The van der Waals surface area contributed by atoms with Gasteiger partial charge in [0.2, 0.25) is 11.6 Å². The van der Waals surface area contributed by atoms with Crippen LogP contribution in [0.5, 0.6) is 0 Å². The van der Waals surface area contributed by atoms with Crippen molar-refractivity contribution in [1.29, 1.82) is 0 Å². The van der Waals surface area contributed by atoms with Crippen molar-refractivity contribution in [1.82, 2.24) is 19.6 Å². The summed E-state index contributed by atoms with van der Waals surface area (Å²) in [6, 6.07) is -0.0899. The lowest BCUT2D eigenvalue weighted by Crippen LogP contribution is -2.24. The average Bonchev–Trinajstić information content (AvgIpc) is 2.65. The Bertz CT molecular complexity index is 507. The molecule has 2 rings (SSSR count). The number of fused-ring (bicyclic) bond motifs is 1. The lowest BCUT2D eigenvalue weighted by Gasteiger charge is -2.12. The van der Waals surface area contributed by atoms with Crippen LogP contribution in [-0.4, -0.2) is 31.5 Å². The molecule has 0 bridgehead atoms. The largest absolute Gasteiger partial charge is 0.370 e. The van der Waals surface area contributed by atoms with E-state index in [1.165, 1.54) is 0 Å². The molecule has 0 fully saturated rings. The molecule has 1 amide bonds. The van der Waals surface area contributed by atoms with Crippen molar-refractivity contribution in [2.75, 3.05) is 5.32 Å². The minimum Gasteiger partial charge on any atom is -0.370 e. The van der Waals surface area contributed by atoms with E-state index in [0.717, 1.165) is 0 Å². The number of nitrogens with two attached hydrogens (primary N) is 1. The Morgan fingerprint density at radius 3 is 3.25 bits per heavy atom. The molecule has 1 atom stereocenters. The fourth-order valence-corrected chi connectivity index (χ4v) is 1.45. The van der Waals surface area contributed by atoms with Crippen LogP contribution in [0.4, 0.5) is 5.82 Å². The van der Waals surface area contributed by atoms with Crippen molar-refractivity contribution < 1.29 is 4.79 Å². The van der Waals surface area contributed by atoms with Crippen molar-refractivity contribution in [3.05, 3.63) is 18.7 Å². The molecule has 0 saturated heterocycles. The van der Waals surface area contributed by atoms with Gasteiger partial charge in [0.1, 0.15) is 6.33 Å². The summed E-state index contributed by atoms with van der Waals surface area (Å²) in [5.41, 5.74) is 5.73. The number of rotatable bonds is 4. The smallest absolute Gasteiger partial charge is 0.219 e. The van der Waals surface area contributed by atoms with Crippen LogP contribution < -0.4 is 11.1 Å². The summed E-state index contributed by atoms with van der Waals surface area (Å²) in [6.07, 6.45) is 5.22. The summed E-state index contributed by atoms with van der Waals surface area (Å²) in [5, 5.41) is 10.8. The van der Waals surface area contributed by atoms with Crippen LogP contribution in [0.15, 0.2) is 18.7 Å². The summed E-state index contributed by atoms with van der Waals surface area (Å²) < 4.78 is 1.74. The van der Waals surface area contributed by atoms with Gasteiger partial charge in [-0.15, -0.1) is 10.2 Å². The Morgan fingerprint density at radius 1 is 1.69 bits per heavy atom. The second-order valence-corrected chi connectivity index (χ2v) is 3.55.